The molecule has 0 atom stereocenters. The van der Waals surface area contributed by atoms with E-state index in [0.717, 1.165) is 12.3 Å². The third-order valence-corrected chi connectivity index (χ3v) is 4.95. The number of hydrogen-bond donors (Lipinski definition) is 2. The van der Waals surface area contributed by atoms with E-state index in [1.54, 1.807) is 24.4 Å². The Hall–Kier alpha value is -3.04. The molecule has 0 spiro atoms. The molecule has 128 valence electrons. The van der Waals surface area contributed by atoms with Gasteiger partial charge in [0, 0.05) is 23.3 Å². The molecule has 9 heteroatoms. The number of sulfonamides is 1. The zero-order valence-electron chi connectivity index (χ0n) is 12.7. The lowest BCUT2D eigenvalue weighted by atomic mass is 10.1. The van der Waals surface area contributed by atoms with E-state index in [2.05, 4.69) is 14.7 Å². The lowest BCUT2D eigenvalue weighted by Gasteiger charge is -2.08. The largest absolute Gasteiger partial charge is 0.545 e. The molecule has 0 aliphatic carbocycles. The van der Waals surface area contributed by atoms with Gasteiger partial charge in [0.05, 0.1) is 28.7 Å². The van der Waals surface area contributed by atoms with Gasteiger partial charge < -0.3 is 14.9 Å². The quantitative estimate of drug-likeness (QED) is 0.647. The molecule has 0 unspecified atom stereocenters. The van der Waals surface area contributed by atoms with Gasteiger partial charge in [-0.3, -0.25) is 9.78 Å². The number of hydrogen-bond acceptors (Lipinski definition) is 6. The monoisotopic (exact) mass is 358 g/mol. The van der Waals surface area contributed by atoms with E-state index in [4.69, 9.17) is 0 Å². The highest BCUT2D eigenvalue weighted by Crippen LogP contribution is 2.16. The van der Waals surface area contributed by atoms with Crippen molar-refractivity contribution in [2.75, 3.05) is 0 Å². The van der Waals surface area contributed by atoms with Crippen LogP contribution >= 0.6 is 0 Å². The topological polar surface area (TPSA) is 132 Å². The third kappa shape index (κ3) is 3.42. The fraction of sp³-hybridized carbons (Fsp3) is 0.0625. The molecule has 2 aromatic heterocycles. The summed E-state index contributed by atoms with van der Waals surface area (Å²) in [5.74, 6) is -1.63. The summed E-state index contributed by atoms with van der Waals surface area (Å²) in [4.78, 5) is 29.6. The first-order valence-corrected chi connectivity index (χ1v) is 8.63. The molecular weight excluding hydrogens is 346 g/mol. The normalized spacial score (nSPS) is 11.5. The first kappa shape index (κ1) is 16.8. The van der Waals surface area contributed by atoms with E-state index in [1.165, 1.54) is 12.1 Å². The smallest absolute Gasteiger partial charge is 0.240 e. The number of nitrogens with zero attached hydrogens (tertiary/aromatic N) is 1. The van der Waals surface area contributed by atoms with Crippen LogP contribution in [0.5, 0.6) is 0 Å². The van der Waals surface area contributed by atoms with Crippen LogP contribution in [-0.2, 0) is 16.6 Å². The summed E-state index contributed by atoms with van der Waals surface area (Å²) in [7, 11) is -3.91. The van der Waals surface area contributed by atoms with Crippen molar-refractivity contribution >= 4 is 26.9 Å². The Morgan fingerprint density at radius 2 is 2.04 bits per heavy atom. The van der Waals surface area contributed by atoms with Crippen molar-refractivity contribution in [2.24, 2.45) is 0 Å². The highest BCUT2D eigenvalue weighted by Gasteiger charge is 2.16. The molecule has 0 aliphatic rings. The van der Waals surface area contributed by atoms with Crippen LogP contribution in [-0.4, -0.2) is 24.4 Å². The first-order valence-electron chi connectivity index (χ1n) is 7.15. The highest BCUT2D eigenvalue weighted by atomic mass is 32.2. The summed E-state index contributed by atoms with van der Waals surface area (Å²) in [6.45, 7) is -0.0172. The third-order valence-electron chi connectivity index (χ3n) is 3.55. The number of fused-ring (bicyclic) bond motifs is 1. The predicted molar refractivity (Wildman–Crippen MR) is 87.2 cm³/mol. The van der Waals surface area contributed by atoms with Gasteiger partial charge in [-0.1, -0.05) is 6.07 Å². The van der Waals surface area contributed by atoms with Gasteiger partial charge in [-0.15, -0.1) is 0 Å². The molecule has 1 aromatic carbocycles. The van der Waals surface area contributed by atoms with Gasteiger partial charge in [-0.25, -0.2) is 13.1 Å². The van der Waals surface area contributed by atoms with E-state index in [9.17, 15) is 23.1 Å². The van der Waals surface area contributed by atoms with Crippen molar-refractivity contribution in [1.82, 2.24) is 14.7 Å². The van der Waals surface area contributed by atoms with Crippen molar-refractivity contribution in [3.8, 4) is 0 Å². The number of aromatic nitrogens is 2. The lowest BCUT2D eigenvalue weighted by Crippen LogP contribution is -2.29. The highest BCUT2D eigenvalue weighted by molar-refractivity contribution is 7.89. The minimum absolute atomic E-state index is 0.0172. The molecule has 0 bridgehead atoms. The predicted octanol–water partition coefficient (Wildman–Crippen LogP) is -0.235. The summed E-state index contributed by atoms with van der Waals surface area (Å²) in [6.07, 6.45) is 2.56. The molecular formula is C16H12N3O5S-. The van der Waals surface area contributed by atoms with Crippen LogP contribution in [0.4, 0.5) is 0 Å². The summed E-state index contributed by atoms with van der Waals surface area (Å²) in [5, 5.41) is 10.9. The molecule has 0 fully saturated rings. The Bertz CT molecular complexity index is 1110. The Morgan fingerprint density at radius 1 is 1.24 bits per heavy atom. The molecule has 0 saturated carbocycles. The number of pyridine rings is 2. The first-order chi connectivity index (χ1) is 11.9. The SMILES string of the molecule is O=C([O-])c1c[nH]c2ccc(S(=O)(=O)NCc3ccccn3)cc2c1=O. The van der Waals surface area contributed by atoms with Crippen LogP contribution in [0.1, 0.15) is 16.1 Å². The number of nitrogens with one attached hydrogen (secondary N) is 2. The van der Waals surface area contributed by atoms with Crippen molar-refractivity contribution < 1.29 is 18.3 Å². The molecule has 0 saturated heterocycles. The van der Waals surface area contributed by atoms with Crippen LogP contribution < -0.4 is 15.3 Å². The van der Waals surface area contributed by atoms with E-state index in [1.807, 2.05) is 0 Å². The minimum Gasteiger partial charge on any atom is -0.545 e. The number of aromatic carboxylic acids is 1. The molecule has 8 nitrogen and oxygen atoms in total. The molecule has 25 heavy (non-hydrogen) atoms. The standard InChI is InChI=1S/C16H13N3O5S/c20-15-12-7-11(4-5-14(12)18-9-13(15)16(21)22)25(23,24)19-8-10-3-1-2-6-17-10/h1-7,9,19H,8H2,(H,18,20)(H,21,22)/p-1. The number of carbonyl (C=O) groups is 1. The van der Waals surface area contributed by atoms with Crippen molar-refractivity contribution in [2.45, 2.75) is 11.4 Å². The van der Waals surface area contributed by atoms with Gasteiger partial charge in [-0.2, -0.15) is 0 Å². The van der Waals surface area contributed by atoms with Crippen molar-refractivity contribution in [1.29, 1.82) is 0 Å². The van der Waals surface area contributed by atoms with E-state index < -0.39 is 27.0 Å². The average Bonchev–Trinajstić information content (AvgIpc) is 2.61. The average molecular weight is 358 g/mol. The lowest BCUT2D eigenvalue weighted by molar-refractivity contribution is -0.255. The van der Waals surface area contributed by atoms with Gasteiger partial charge in [0.2, 0.25) is 10.0 Å². The molecule has 0 amide bonds. The molecule has 2 heterocycles. The van der Waals surface area contributed by atoms with Crippen LogP contribution in [0, 0.1) is 0 Å². The van der Waals surface area contributed by atoms with Gasteiger partial charge in [-0.05, 0) is 30.3 Å². The number of benzene rings is 1. The maximum atomic E-state index is 12.4. The van der Waals surface area contributed by atoms with E-state index in [0.29, 0.717) is 11.2 Å². The molecule has 2 N–H and O–H groups in total. The Morgan fingerprint density at radius 3 is 2.72 bits per heavy atom. The molecule has 0 radical (unpaired) electrons. The summed E-state index contributed by atoms with van der Waals surface area (Å²) >= 11 is 0. The molecule has 3 aromatic rings. The van der Waals surface area contributed by atoms with Crippen LogP contribution in [0.15, 0.2) is 58.5 Å². The number of H-pyrrole nitrogens is 1. The Balaban J connectivity index is 1.98. The van der Waals surface area contributed by atoms with Crippen molar-refractivity contribution in [3.05, 3.63) is 70.3 Å². The number of carboxylic acid groups (broad SMARTS) is 1. The van der Waals surface area contributed by atoms with Gasteiger partial charge in [0.1, 0.15) is 0 Å². The number of rotatable bonds is 5. The van der Waals surface area contributed by atoms with Crippen LogP contribution in [0.3, 0.4) is 0 Å². The van der Waals surface area contributed by atoms with Crippen molar-refractivity contribution in [3.63, 3.8) is 0 Å². The minimum atomic E-state index is -3.91. The maximum absolute atomic E-state index is 12.4. The van der Waals surface area contributed by atoms with E-state index in [-0.39, 0.29) is 16.8 Å². The van der Waals surface area contributed by atoms with E-state index >= 15 is 0 Å². The second-order valence-corrected chi connectivity index (χ2v) is 6.94. The van der Waals surface area contributed by atoms with Crippen LogP contribution in [0.2, 0.25) is 0 Å². The fourth-order valence-corrected chi connectivity index (χ4v) is 3.30. The Kier molecular flexibility index (Phi) is 4.34. The number of carboxylic acids is 1. The van der Waals surface area contributed by atoms with Gasteiger partial charge >= 0.3 is 0 Å². The second kappa shape index (κ2) is 6.46. The Labute approximate surface area is 142 Å². The summed E-state index contributed by atoms with van der Waals surface area (Å²) in [5.41, 5.74) is -0.526. The number of carbonyl (C=O) groups excluding carboxylic acids is 1. The molecule has 0 aliphatic heterocycles. The maximum Gasteiger partial charge on any atom is 0.240 e. The summed E-state index contributed by atoms with van der Waals surface area (Å²) in [6, 6.07) is 8.94. The number of aromatic amines is 1. The zero-order valence-corrected chi connectivity index (χ0v) is 13.5. The molecule has 3 rings (SSSR count). The van der Waals surface area contributed by atoms with Crippen LogP contribution in [0.25, 0.3) is 10.9 Å². The summed E-state index contributed by atoms with van der Waals surface area (Å²) < 4.78 is 27.2. The van der Waals surface area contributed by atoms with Gasteiger partial charge in [0.25, 0.3) is 0 Å². The van der Waals surface area contributed by atoms with Gasteiger partial charge in [0.15, 0.2) is 5.43 Å². The second-order valence-electron chi connectivity index (χ2n) is 5.17. The zero-order chi connectivity index (χ0) is 18.0. The fourth-order valence-electron chi connectivity index (χ4n) is 2.27.